The Kier molecular flexibility index (Phi) is 5.93. The van der Waals surface area contributed by atoms with E-state index in [0.29, 0.717) is 5.01 Å². The second-order valence-electron chi connectivity index (χ2n) is 5.78. The van der Waals surface area contributed by atoms with Crippen LogP contribution in [0.15, 0.2) is 54.6 Å². The summed E-state index contributed by atoms with van der Waals surface area (Å²) in [6.45, 7) is 1.71. The van der Waals surface area contributed by atoms with Crippen LogP contribution >= 0.6 is 11.3 Å². The number of nitrogens with one attached hydrogen (secondary N) is 1. The summed E-state index contributed by atoms with van der Waals surface area (Å²) in [5, 5.41) is 3.32. The molecule has 0 radical (unpaired) electrons. The highest BCUT2D eigenvalue weighted by Crippen LogP contribution is 2.22. The number of rotatable bonds is 6. The quantitative estimate of drug-likeness (QED) is 0.520. The van der Waals surface area contributed by atoms with Crippen LogP contribution in [-0.2, 0) is 20.9 Å². The van der Waals surface area contributed by atoms with E-state index in [0.717, 1.165) is 15.8 Å². The van der Waals surface area contributed by atoms with Crippen molar-refractivity contribution in [2.45, 2.75) is 19.6 Å². The van der Waals surface area contributed by atoms with Crippen molar-refractivity contribution in [2.75, 3.05) is 0 Å². The first kappa shape index (κ1) is 18.7. The third kappa shape index (κ3) is 5.21. The van der Waals surface area contributed by atoms with Gasteiger partial charge in [-0.2, -0.15) is 0 Å². The van der Waals surface area contributed by atoms with Gasteiger partial charge in [0.2, 0.25) is 0 Å². The Bertz CT molecular complexity index is 949. The second-order valence-corrected chi connectivity index (χ2v) is 6.84. The molecule has 0 saturated carbocycles. The molecule has 7 heteroatoms. The Morgan fingerprint density at radius 2 is 1.96 bits per heavy atom. The van der Waals surface area contributed by atoms with Gasteiger partial charge in [-0.05, 0) is 42.8 Å². The lowest BCUT2D eigenvalue weighted by molar-refractivity contribution is -0.150. The summed E-state index contributed by atoms with van der Waals surface area (Å²) in [7, 11) is 0. The van der Waals surface area contributed by atoms with Gasteiger partial charge in [-0.25, -0.2) is 14.2 Å². The van der Waals surface area contributed by atoms with Crippen LogP contribution in [0.5, 0.6) is 0 Å². The van der Waals surface area contributed by atoms with Crippen LogP contribution in [-0.4, -0.2) is 23.0 Å². The van der Waals surface area contributed by atoms with E-state index in [1.807, 2.05) is 24.3 Å². The minimum Gasteiger partial charge on any atom is -0.449 e. The molecule has 0 bridgehead atoms. The van der Waals surface area contributed by atoms with Gasteiger partial charge in [0.25, 0.3) is 5.91 Å². The number of benzene rings is 2. The molecular formula is C20H17FN2O3S. The van der Waals surface area contributed by atoms with E-state index < -0.39 is 18.0 Å². The third-order valence-corrected chi connectivity index (χ3v) is 4.72. The van der Waals surface area contributed by atoms with Gasteiger partial charge in [0, 0.05) is 12.6 Å². The Labute approximate surface area is 159 Å². The molecule has 27 heavy (non-hydrogen) atoms. The topological polar surface area (TPSA) is 68.3 Å². The van der Waals surface area contributed by atoms with Crippen molar-refractivity contribution in [3.63, 3.8) is 0 Å². The molecular weight excluding hydrogens is 367 g/mol. The third-order valence-electron chi connectivity index (χ3n) is 3.71. The summed E-state index contributed by atoms with van der Waals surface area (Å²) >= 11 is 1.46. The molecule has 0 saturated heterocycles. The number of carbonyl (C=O) groups is 2. The molecule has 0 aliphatic heterocycles. The summed E-state index contributed by atoms with van der Waals surface area (Å²) in [5.74, 6) is -1.40. The zero-order valence-electron chi connectivity index (χ0n) is 14.5. The number of para-hydroxylation sites is 1. The van der Waals surface area contributed by atoms with Gasteiger partial charge >= 0.3 is 5.97 Å². The van der Waals surface area contributed by atoms with Crippen LogP contribution in [0, 0.1) is 5.82 Å². The van der Waals surface area contributed by atoms with Crippen molar-refractivity contribution >= 4 is 39.5 Å². The standard InChI is InChI=1S/C20H17FN2O3S/c1-13(20(25)22-12-14-6-8-15(21)9-7-14)26-19(24)11-10-18-23-16-4-2-3-5-17(16)27-18/h2-11,13H,12H2,1H3,(H,22,25)/b11-10+/t13-/m0/s1. The highest BCUT2D eigenvalue weighted by atomic mass is 32.1. The summed E-state index contributed by atoms with van der Waals surface area (Å²) < 4.78 is 19.0. The molecule has 0 aliphatic rings. The smallest absolute Gasteiger partial charge is 0.331 e. The molecule has 1 N–H and O–H groups in total. The molecule has 5 nitrogen and oxygen atoms in total. The molecule has 3 rings (SSSR count). The normalized spacial score (nSPS) is 12.2. The Morgan fingerprint density at radius 1 is 1.22 bits per heavy atom. The minimum atomic E-state index is -0.946. The number of halogens is 1. The summed E-state index contributed by atoms with van der Waals surface area (Å²) in [6, 6.07) is 13.5. The average molecular weight is 384 g/mol. The van der Waals surface area contributed by atoms with Crippen LogP contribution in [0.25, 0.3) is 16.3 Å². The number of carbonyl (C=O) groups excluding carboxylic acids is 2. The number of thiazole rings is 1. The van der Waals surface area contributed by atoms with E-state index in [1.165, 1.54) is 36.5 Å². The highest BCUT2D eigenvalue weighted by molar-refractivity contribution is 7.19. The zero-order valence-corrected chi connectivity index (χ0v) is 15.3. The van der Waals surface area contributed by atoms with E-state index >= 15 is 0 Å². The predicted octanol–water partition coefficient (Wildman–Crippen LogP) is 3.70. The van der Waals surface area contributed by atoms with Gasteiger partial charge < -0.3 is 10.1 Å². The molecule has 0 aliphatic carbocycles. The predicted molar refractivity (Wildman–Crippen MR) is 102 cm³/mol. The van der Waals surface area contributed by atoms with E-state index in [1.54, 1.807) is 18.2 Å². The summed E-state index contributed by atoms with van der Waals surface area (Å²) in [5.41, 5.74) is 1.61. The van der Waals surface area contributed by atoms with Crippen molar-refractivity contribution in [3.05, 3.63) is 71.0 Å². The molecule has 138 valence electrons. The second kappa shape index (κ2) is 8.55. The van der Waals surface area contributed by atoms with Crippen molar-refractivity contribution in [1.82, 2.24) is 10.3 Å². The first-order valence-electron chi connectivity index (χ1n) is 8.28. The van der Waals surface area contributed by atoms with Gasteiger partial charge in [0.1, 0.15) is 10.8 Å². The van der Waals surface area contributed by atoms with Crippen LogP contribution < -0.4 is 5.32 Å². The average Bonchev–Trinajstić information content (AvgIpc) is 3.08. The highest BCUT2D eigenvalue weighted by Gasteiger charge is 2.16. The lowest BCUT2D eigenvalue weighted by Crippen LogP contribution is -2.35. The van der Waals surface area contributed by atoms with Gasteiger partial charge in [0.05, 0.1) is 10.2 Å². The monoisotopic (exact) mass is 384 g/mol. The fourth-order valence-electron chi connectivity index (χ4n) is 2.30. The number of esters is 1. The lowest BCUT2D eigenvalue weighted by atomic mass is 10.2. The first-order chi connectivity index (χ1) is 13.0. The largest absolute Gasteiger partial charge is 0.449 e. The SMILES string of the molecule is C[C@H](OC(=O)/C=C/c1nc2ccccc2s1)C(=O)NCc1ccc(F)cc1. The fourth-order valence-corrected chi connectivity index (χ4v) is 3.17. The number of ether oxygens (including phenoxy) is 1. The Balaban J connectivity index is 1.50. The molecule has 1 atom stereocenters. The van der Waals surface area contributed by atoms with Crippen molar-refractivity contribution in [1.29, 1.82) is 0 Å². The maximum Gasteiger partial charge on any atom is 0.331 e. The number of hydrogen-bond donors (Lipinski definition) is 1. The zero-order chi connectivity index (χ0) is 19.2. The maximum atomic E-state index is 12.9. The Hall–Kier alpha value is -3.06. The number of fused-ring (bicyclic) bond motifs is 1. The van der Waals surface area contributed by atoms with Crippen LogP contribution in [0.1, 0.15) is 17.5 Å². The molecule has 1 heterocycles. The van der Waals surface area contributed by atoms with E-state index in [9.17, 15) is 14.0 Å². The van der Waals surface area contributed by atoms with Gasteiger partial charge in [-0.15, -0.1) is 11.3 Å². The van der Waals surface area contributed by atoms with Crippen molar-refractivity contribution < 1.29 is 18.7 Å². The molecule has 1 amide bonds. The number of hydrogen-bond acceptors (Lipinski definition) is 5. The lowest BCUT2D eigenvalue weighted by Gasteiger charge is -2.12. The van der Waals surface area contributed by atoms with Crippen molar-refractivity contribution in [3.8, 4) is 0 Å². The molecule has 3 aromatic rings. The molecule has 0 fully saturated rings. The molecule has 0 unspecified atom stereocenters. The molecule has 1 aromatic heterocycles. The number of amides is 1. The number of aromatic nitrogens is 1. The van der Waals surface area contributed by atoms with E-state index in [2.05, 4.69) is 10.3 Å². The Morgan fingerprint density at radius 3 is 2.70 bits per heavy atom. The fraction of sp³-hybridized carbons (Fsp3) is 0.150. The van der Waals surface area contributed by atoms with Crippen LogP contribution in [0.3, 0.4) is 0 Å². The molecule has 2 aromatic carbocycles. The van der Waals surface area contributed by atoms with Crippen LogP contribution in [0.4, 0.5) is 4.39 Å². The number of nitrogens with zero attached hydrogens (tertiary/aromatic N) is 1. The summed E-state index contributed by atoms with van der Waals surface area (Å²) in [6.07, 6.45) is 1.87. The van der Waals surface area contributed by atoms with Crippen LogP contribution in [0.2, 0.25) is 0 Å². The minimum absolute atomic E-state index is 0.225. The van der Waals surface area contributed by atoms with E-state index in [4.69, 9.17) is 4.74 Å². The maximum absolute atomic E-state index is 12.9. The van der Waals surface area contributed by atoms with Gasteiger partial charge in [-0.3, -0.25) is 4.79 Å². The van der Waals surface area contributed by atoms with E-state index in [-0.39, 0.29) is 12.4 Å². The van der Waals surface area contributed by atoms with Gasteiger partial charge in [-0.1, -0.05) is 24.3 Å². The van der Waals surface area contributed by atoms with Gasteiger partial charge in [0.15, 0.2) is 6.10 Å². The van der Waals surface area contributed by atoms with Crippen molar-refractivity contribution in [2.24, 2.45) is 0 Å². The first-order valence-corrected chi connectivity index (χ1v) is 9.09. The summed E-state index contributed by atoms with van der Waals surface area (Å²) in [4.78, 5) is 28.3. The molecule has 0 spiro atoms.